The Kier molecular flexibility index (Phi) is 4.24. The fourth-order valence-corrected chi connectivity index (χ4v) is 1.94. The summed E-state index contributed by atoms with van der Waals surface area (Å²) < 4.78 is 10.4. The minimum absolute atomic E-state index is 0.137. The van der Waals surface area contributed by atoms with Crippen molar-refractivity contribution in [2.45, 2.75) is 13.0 Å². The molecule has 1 aromatic carbocycles. The van der Waals surface area contributed by atoms with Crippen molar-refractivity contribution >= 4 is 11.6 Å². The molecule has 2 rings (SSSR count). The van der Waals surface area contributed by atoms with Crippen LogP contribution >= 0.6 is 0 Å². The standard InChI is InChI=1S/C13H18N2O4/c1-9(16)6-15(2)7-13(17)14-10-3-4-11-12(5-10)19-8-18-11/h3-5,9,16H,6-8H2,1-2H3,(H,14,17). The van der Waals surface area contributed by atoms with Gasteiger partial charge in [-0.05, 0) is 26.1 Å². The monoisotopic (exact) mass is 266 g/mol. The number of aliphatic hydroxyl groups is 1. The van der Waals surface area contributed by atoms with E-state index in [2.05, 4.69) is 5.32 Å². The van der Waals surface area contributed by atoms with E-state index in [1.807, 2.05) is 0 Å². The molecular weight excluding hydrogens is 248 g/mol. The summed E-state index contributed by atoms with van der Waals surface area (Å²) in [5.74, 6) is 1.18. The molecule has 0 bridgehead atoms. The van der Waals surface area contributed by atoms with E-state index in [9.17, 15) is 9.90 Å². The third kappa shape index (κ3) is 3.84. The molecule has 104 valence electrons. The number of likely N-dealkylation sites (N-methyl/N-ethyl adjacent to an activating group) is 1. The molecule has 1 aliphatic rings. The van der Waals surface area contributed by atoms with E-state index in [0.29, 0.717) is 23.7 Å². The maximum absolute atomic E-state index is 11.8. The van der Waals surface area contributed by atoms with Gasteiger partial charge in [-0.3, -0.25) is 9.69 Å². The maximum atomic E-state index is 11.8. The van der Waals surface area contributed by atoms with Gasteiger partial charge in [0.25, 0.3) is 0 Å². The number of ether oxygens (including phenoxy) is 2. The Hall–Kier alpha value is -1.79. The quantitative estimate of drug-likeness (QED) is 0.819. The molecule has 0 spiro atoms. The van der Waals surface area contributed by atoms with E-state index in [1.54, 1.807) is 37.1 Å². The highest BCUT2D eigenvalue weighted by atomic mass is 16.7. The summed E-state index contributed by atoms with van der Waals surface area (Å²) in [5.41, 5.74) is 0.666. The second kappa shape index (κ2) is 5.90. The van der Waals surface area contributed by atoms with Gasteiger partial charge in [0.2, 0.25) is 12.7 Å². The number of rotatable bonds is 5. The molecule has 0 fully saturated rings. The summed E-state index contributed by atoms with van der Waals surface area (Å²) in [6.07, 6.45) is -0.455. The Labute approximate surface area is 111 Å². The first-order valence-corrected chi connectivity index (χ1v) is 6.10. The van der Waals surface area contributed by atoms with Gasteiger partial charge in [0.15, 0.2) is 11.5 Å². The number of hydrogen-bond acceptors (Lipinski definition) is 5. The third-order valence-corrected chi connectivity index (χ3v) is 2.65. The topological polar surface area (TPSA) is 71.0 Å². The van der Waals surface area contributed by atoms with Crippen LogP contribution in [0.2, 0.25) is 0 Å². The number of anilines is 1. The molecule has 1 aliphatic heterocycles. The lowest BCUT2D eigenvalue weighted by Gasteiger charge is -2.17. The van der Waals surface area contributed by atoms with E-state index in [0.717, 1.165) is 0 Å². The van der Waals surface area contributed by atoms with Gasteiger partial charge in [-0.1, -0.05) is 0 Å². The molecule has 6 heteroatoms. The number of benzene rings is 1. The van der Waals surface area contributed by atoms with Crippen LogP contribution in [0.5, 0.6) is 11.5 Å². The SMILES string of the molecule is CC(O)CN(C)CC(=O)Nc1ccc2c(c1)OCO2. The van der Waals surface area contributed by atoms with E-state index < -0.39 is 6.10 Å². The number of hydrogen-bond donors (Lipinski definition) is 2. The minimum atomic E-state index is -0.455. The van der Waals surface area contributed by atoms with Crippen molar-refractivity contribution < 1.29 is 19.4 Å². The van der Waals surface area contributed by atoms with E-state index in [-0.39, 0.29) is 19.2 Å². The number of amides is 1. The molecular formula is C13H18N2O4. The van der Waals surface area contributed by atoms with Crippen molar-refractivity contribution in [3.05, 3.63) is 18.2 Å². The van der Waals surface area contributed by atoms with Crippen LogP contribution in [0.4, 0.5) is 5.69 Å². The van der Waals surface area contributed by atoms with Crippen molar-refractivity contribution in [3.8, 4) is 11.5 Å². The van der Waals surface area contributed by atoms with Crippen LogP contribution in [0.25, 0.3) is 0 Å². The predicted octanol–water partition coefficient (Wildman–Crippen LogP) is 0.666. The van der Waals surface area contributed by atoms with E-state index in [1.165, 1.54) is 0 Å². The average Bonchev–Trinajstić information content (AvgIpc) is 2.74. The normalized spacial score (nSPS) is 14.5. The first-order chi connectivity index (χ1) is 9.04. The molecule has 1 atom stereocenters. The van der Waals surface area contributed by atoms with Crippen LogP contribution < -0.4 is 14.8 Å². The summed E-state index contributed by atoms with van der Waals surface area (Å²) in [6, 6.07) is 5.26. The molecule has 1 aromatic rings. The smallest absolute Gasteiger partial charge is 0.238 e. The molecule has 0 saturated heterocycles. The highest BCUT2D eigenvalue weighted by Crippen LogP contribution is 2.34. The molecule has 19 heavy (non-hydrogen) atoms. The Morgan fingerprint density at radius 1 is 1.47 bits per heavy atom. The Morgan fingerprint density at radius 2 is 2.21 bits per heavy atom. The summed E-state index contributed by atoms with van der Waals surface area (Å²) in [7, 11) is 1.78. The first-order valence-electron chi connectivity index (χ1n) is 6.10. The third-order valence-electron chi connectivity index (χ3n) is 2.65. The highest BCUT2D eigenvalue weighted by Gasteiger charge is 2.14. The lowest BCUT2D eigenvalue weighted by molar-refractivity contribution is -0.117. The number of carbonyl (C=O) groups is 1. The molecule has 0 aromatic heterocycles. The van der Waals surface area contributed by atoms with Gasteiger partial charge >= 0.3 is 0 Å². The van der Waals surface area contributed by atoms with Gasteiger partial charge in [-0.2, -0.15) is 0 Å². The number of nitrogens with one attached hydrogen (secondary N) is 1. The Balaban J connectivity index is 1.88. The summed E-state index contributed by atoms with van der Waals surface area (Å²) in [4.78, 5) is 13.6. The van der Waals surface area contributed by atoms with E-state index in [4.69, 9.17) is 9.47 Å². The van der Waals surface area contributed by atoms with Crippen molar-refractivity contribution in [3.63, 3.8) is 0 Å². The van der Waals surface area contributed by atoms with Crippen LogP contribution in [-0.4, -0.2) is 48.9 Å². The van der Waals surface area contributed by atoms with Crippen molar-refractivity contribution in [1.82, 2.24) is 4.90 Å². The number of fused-ring (bicyclic) bond motifs is 1. The molecule has 0 saturated carbocycles. The molecule has 0 aliphatic carbocycles. The second-order valence-corrected chi connectivity index (χ2v) is 4.66. The lowest BCUT2D eigenvalue weighted by atomic mass is 10.2. The predicted molar refractivity (Wildman–Crippen MR) is 70.4 cm³/mol. The highest BCUT2D eigenvalue weighted by molar-refractivity contribution is 5.92. The molecule has 0 radical (unpaired) electrons. The molecule has 1 heterocycles. The Morgan fingerprint density at radius 3 is 2.95 bits per heavy atom. The van der Waals surface area contributed by atoms with Crippen molar-refractivity contribution in [2.24, 2.45) is 0 Å². The van der Waals surface area contributed by atoms with Gasteiger partial charge < -0.3 is 19.9 Å². The van der Waals surface area contributed by atoms with Gasteiger partial charge in [-0.25, -0.2) is 0 Å². The van der Waals surface area contributed by atoms with E-state index >= 15 is 0 Å². The molecule has 6 nitrogen and oxygen atoms in total. The fraction of sp³-hybridized carbons (Fsp3) is 0.462. The molecule has 1 amide bonds. The van der Waals surface area contributed by atoms with Crippen LogP contribution in [0.1, 0.15) is 6.92 Å². The zero-order valence-corrected chi connectivity index (χ0v) is 11.0. The minimum Gasteiger partial charge on any atom is -0.454 e. The fourth-order valence-electron chi connectivity index (χ4n) is 1.94. The van der Waals surface area contributed by atoms with Gasteiger partial charge in [0.05, 0.1) is 12.6 Å². The van der Waals surface area contributed by atoms with Crippen molar-refractivity contribution in [1.29, 1.82) is 0 Å². The van der Waals surface area contributed by atoms with Crippen LogP contribution in [0, 0.1) is 0 Å². The summed E-state index contributed by atoms with van der Waals surface area (Å²) in [6.45, 7) is 2.57. The molecule has 1 unspecified atom stereocenters. The first kappa shape index (κ1) is 13.6. The van der Waals surface area contributed by atoms with Crippen molar-refractivity contribution in [2.75, 3.05) is 32.2 Å². The zero-order valence-electron chi connectivity index (χ0n) is 11.0. The van der Waals surface area contributed by atoms with Crippen LogP contribution in [-0.2, 0) is 4.79 Å². The maximum Gasteiger partial charge on any atom is 0.238 e. The van der Waals surface area contributed by atoms with Gasteiger partial charge in [0.1, 0.15) is 0 Å². The Bertz CT molecular complexity index is 462. The van der Waals surface area contributed by atoms with Gasteiger partial charge in [0, 0.05) is 18.3 Å². The number of carbonyl (C=O) groups excluding carboxylic acids is 1. The van der Waals surface area contributed by atoms with Gasteiger partial charge in [-0.15, -0.1) is 0 Å². The summed E-state index contributed by atoms with van der Waals surface area (Å²) in [5, 5.41) is 12.0. The van der Waals surface area contributed by atoms with Crippen LogP contribution in [0.3, 0.4) is 0 Å². The zero-order chi connectivity index (χ0) is 13.8. The largest absolute Gasteiger partial charge is 0.454 e. The van der Waals surface area contributed by atoms with Crippen LogP contribution in [0.15, 0.2) is 18.2 Å². The summed E-state index contributed by atoms with van der Waals surface area (Å²) >= 11 is 0. The average molecular weight is 266 g/mol. The second-order valence-electron chi connectivity index (χ2n) is 4.66. The lowest BCUT2D eigenvalue weighted by Crippen LogP contribution is -2.34. The molecule has 2 N–H and O–H groups in total. The number of nitrogens with zero attached hydrogens (tertiary/aromatic N) is 1. The number of aliphatic hydroxyl groups excluding tert-OH is 1.